The molecule has 3 fully saturated rings. The van der Waals surface area contributed by atoms with E-state index in [0.29, 0.717) is 10.6 Å². The molecule has 6 nitrogen and oxygen atoms in total. The SMILES string of the molecule is CC1(c2ccccc2Cl)NC(=O)N(CC(=O)N(C2CCCCC2)C2CCCCC2)C1=O. The van der Waals surface area contributed by atoms with Crippen LogP contribution in [0.25, 0.3) is 0 Å². The number of rotatable bonds is 5. The van der Waals surface area contributed by atoms with Crippen LogP contribution in [0, 0.1) is 0 Å². The highest BCUT2D eigenvalue weighted by Crippen LogP contribution is 2.34. The van der Waals surface area contributed by atoms with E-state index < -0.39 is 17.5 Å². The molecule has 7 heteroatoms. The van der Waals surface area contributed by atoms with Crippen LogP contribution in [0.1, 0.15) is 76.7 Å². The van der Waals surface area contributed by atoms with Gasteiger partial charge in [-0.1, -0.05) is 68.3 Å². The summed E-state index contributed by atoms with van der Waals surface area (Å²) in [6, 6.07) is 6.91. The number of urea groups is 1. The van der Waals surface area contributed by atoms with Crippen molar-refractivity contribution in [1.82, 2.24) is 15.1 Å². The van der Waals surface area contributed by atoms with Crippen molar-refractivity contribution in [3.63, 3.8) is 0 Å². The van der Waals surface area contributed by atoms with Crippen LogP contribution in [0.15, 0.2) is 24.3 Å². The third-order valence-corrected chi connectivity index (χ3v) is 7.53. The predicted octanol–water partition coefficient (Wildman–Crippen LogP) is 4.60. The van der Waals surface area contributed by atoms with E-state index in [2.05, 4.69) is 5.32 Å². The summed E-state index contributed by atoms with van der Waals surface area (Å²) in [7, 11) is 0. The maximum atomic E-state index is 13.5. The number of carbonyl (C=O) groups is 3. The molecule has 0 radical (unpaired) electrons. The van der Waals surface area contributed by atoms with E-state index in [1.54, 1.807) is 31.2 Å². The molecule has 4 rings (SSSR count). The second-order valence-electron chi connectivity index (χ2n) is 9.31. The minimum absolute atomic E-state index is 0.106. The van der Waals surface area contributed by atoms with Crippen molar-refractivity contribution < 1.29 is 14.4 Å². The zero-order valence-corrected chi connectivity index (χ0v) is 19.0. The van der Waals surface area contributed by atoms with Gasteiger partial charge in [-0.05, 0) is 38.7 Å². The maximum Gasteiger partial charge on any atom is 0.325 e. The number of carbonyl (C=O) groups excluding carboxylic acids is 3. The van der Waals surface area contributed by atoms with Gasteiger partial charge >= 0.3 is 6.03 Å². The Balaban J connectivity index is 1.54. The Kier molecular flexibility index (Phi) is 6.56. The summed E-state index contributed by atoms with van der Waals surface area (Å²) < 4.78 is 0. The molecule has 1 aromatic carbocycles. The van der Waals surface area contributed by atoms with E-state index in [-0.39, 0.29) is 24.5 Å². The molecule has 1 atom stereocenters. The molecule has 1 unspecified atom stereocenters. The van der Waals surface area contributed by atoms with E-state index in [1.807, 2.05) is 4.90 Å². The molecule has 1 aliphatic heterocycles. The van der Waals surface area contributed by atoms with Gasteiger partial charge in [-0.3, -0.25) is 14.5 Å². The standard InChI is InChI=1S/C24H32ClN3O3/c1-24(19-14-8-9-15-20(19)25)22(30)27(23(31)26-24)16-21(29)28(17-10-4-2-5-11-17)18-12-6-3-7-13-18/h8-9,14-15,17-18H,2-7,10-13,16H2,1H3,(H,26,31). The van der Waals surface area contributed by atoms with Crippen molar-refractivity contribution >= 4 is 29.4 Å². The molecule has 31 heavy (non-hydrogen) atoms. The first-order valence-corrected chi connectivity index (χ1v) is 12.0. The molecular weight excluding hydrogens is 414 g/mol. The van der Waals surface area contributed by atoms with Crippen LogP contribution in [0.3, 0.4) is 0 Å². The van der Waals surface area contributed by atoms with Crippen LogP contribution in [0.4, 0.5) is 4.79 Å². The fourth-order valence-corrected chi connectivity index (χ4v) is 5.86. The number of nitrogens with one attached hydrogen (secondary N) is 1. The highest BCUT2D eigenvalue weighted by atomic mass is 35.5. The molecule has 168 valence electrons. The molecule has 4 amide bonds. The number of amides is 4. The summed E-state index contributed by atoms with van der Waals surface area (Å²) in [6.45, 7) is 1.44. The van der Waals surface area contributed by atoms with Gasteiger partial charge in [-0.15, -0.1) is 0 Å². The molecule has 1 aromatic rings. The lowest BCUT2D eigenvalue weighted by Gasteiger charge is -2.42. The van der Waals surface area contributed by atoms with E-state index in [9.17, 15) is 14.4 Å². The van der Waals surface area contributed by atoms with Gasteiger partial charge in [-0.2, -0.15) is 0 Å². The molecular formula is C24H32ClN3O3. The van der Waals surface area contributed by atoms with Crippen molar-refractivity contribution in [3.8, 4) is 0 Å². The first kappa shape index (κ1) is 22.1. The lowest BCUT2D eigenvalue weighted by Crippen LogP contribution is -2.53. The normalized spacial score (nSPS) is 25.5. The van der Waals surface area contributed by atoms with Gasteiger partial charge in [0.25, 0.3) is 5.91 Å². The molecule has 0 spiro atoms. The summed E-state index contributed by atoms with van der Waals surface area (Å²) in [5, 5.41) is 3.19. The van der Waals surface area contributed by atoms with Crippen LogP contribution in [0.5, 0.6) is 0 Å². The topological polar surface area (TPSA) is 69.7 Å². The smallest absolute Gasteiger partial charge is 0.325 e. The highest BCUT2D eigenvalue weighted by Gasteiger charge is 2.51. The molecule has 1 heterocycles. The predicted molar refractivity (Wildman–Crippen MR) is 120 cm³/mol. The van der Waals surface area contributed by atoms with E-state index >= 15 is 0 Å². The van der Waals surface area contributed by atoms with Crippen molar-refractivity contribution in [3.05, 3.63) is 34.9 Å². The fourth-order valence-electron chi connectivity index (χ4n) is 5.53. The third-order valence-electron chi connectivity index (χ3n) is 7.21. The molecule has 1 N–H and O–H groups in total. The zero-order chi connectivity index (χ0) is 22.0. The highest BCUT2D eigenvalue weighted by molar-refractivity contribution is 6.32. The number of imide groups is 1. The van der Waals surface area contributed by atoms with Crippen LogP contribution in [-0.4, -0.2) is 46.3 Å². The quantitative estimate of drug-likeness (QED) is 0.673. The minimum atomic E-state index is -1.27. The summed E-state index contributed by atoms with van der Waals surface area (Å²) in [6.07, 6.45) is 11.0. The third kappa shape index (κ3) is 4.32. The number of hydrogen-bond acceptors (Lipinski definition) is 3. The van der Waals surface area contributed by atoms with Gasteiger partial charge in [-0.25, -0.2) is 4.79 Å². The van der Waals surface area contributed by atoms with Gasteiger partial charge in [0.05, 0.1) is 0 Å². The molecule has 0 bridgehead atoms. The second kappa shape index (κ2) is 9.19. The number of hydrogen-bond donors (Lipinski definition) is 1. The summed E-state index contributed by atoms with van der Waals surface area (Å²) in [4.78, 5) is 42.7. The fraction of sp³-hybridized carbons (Fsp3) is 0.625. The summed E-state index contributed by atoms with van der Waals surface area (Å²) >= 11 is 6.32. The van der Waals surface area contributed by atoms with Gasteiger partial charge < -0.3 is 10.2 Å². The molecule has 2 saturated carbocycles. The number of nitrogens with zero attached hydrogens (tertiary/aromatic N) is 2. The van der Waals surface area contributed by atoms with E-state index in [0.717, 1.165) is 56.3 Å². The average molecular weight is 446 g/mol. The van der Waals surface area contributed by atoms with Crippen LogP contribution in [0.2, 0.25) is 5.02 Å². The monoisotopic (exact) mass is 445 g/mol. The van der Waals surface area contributed by atoms with Crippen molar-refractivity contribution in [2.24, 2.45) is 0 Å². The molecule has 1 saturated heterocycles. The largest absolute Gasteiger partial charge is 0.335 e. The Morgan fingerprint density at radius 2 is 1.58 bits per heavy atom. The molecule has 0 aromatic heterocycles. The number of benzene rings is 1. The van der Waals surface area contributed by atoms with Crippen LogP contribution in [-0.2, 0) is 15.1 Å². The van der Waals surface area contributed by atoms with E-state index in [1.165, 1.54) is 12.8 Å². The van der Waals surface area contributed by atoms with Crippen molar-refractivity contribution in [1.29, 1.82) is 0 Å². The second-order valence-corrected chi connectivity index (χ2v) is 9.72. The zero-order valence-electron chi connectivity index (χ0n) is 18.2. The summed E-state index contributed by atoms with van der Waals surface area (Å²) in [5.41, 5.74) is -0.725. The van der Waals surface area contributed by atoms with Gasteiger partial charge in [0.2, 0.25) is 5.91 Å². The average Bonchev–Trinajstić information content (AvgIpc) is 2.99. The first-order valence-electron chi connectivity index (χ1n) is 11.6. The lowest BCUT2D eigenvalue weighted by molar-refractivity contribution is -0.143. The Morgan fingerprint density at radius 1 is 1.03 bits per heavy atom. The Labute approximate surface area is 189 Å². The lowest BCUT2D eigenvalue weighted by atomic mass is 9.88. The first-order chi connectivity index (χ1) is 14.9. The van der Waals surface area contributed by atoms with Gasteiger partial charge in [0.1, 0.15) is 12.1 Å². The minimum Gasteiger partial charge on any atom is -0.335 e. The Morgan fingerprint density at radius 3 is 2.13 bits per heavy atom. The Bertz CT molecular complexity index is 830. The maximum absolute atomic E-state index is 13.5. The van der Waals surface area contributed by atoms with Crippen LogP contribution >= 0.6 is 11.6 Å². The van der Waals surface area contributed by atoms with Crippen LogP contribution < -0.4 is 5.32 Å². The van der Waals surface area contributed by atoms with E-state index in [4.69, 9.17) is 11.6 Å². The van der Waals surface area contributed by atoms with Crippen molar-refractivity contribution in [2.75, 3.05) is 6.54 Å². The van der Waals surface area contributed by atoms with Gasteiger partial charge in [0, 0.05) is 22.7 Å². The van der Waals surface area contributed by atoms with Crippen molar-refractivity contribution in [2.45, 2.75) is 88.8 Å². The van der Waals surface area contributed by atoms with Gasteiger partial charge in [0.15, 0.2) is 0 Å². The Hall–Kier alpha value is -2.08. The molecule has 3 aliphatic rings. The molecule has 2 aliphatic carbocycles. The summed E-state index contributed by atoms with van der Waals surface area (Å²) in [5.74, 6) is -0.531. The number of halogens is 1.